The number of carbonyl (C=O) groups is 1. The van der Waals surface area contributed by atoms with E-state index in [0.29, 0.717) is 17.4 Å². The van der Waals surface area contributed by atoms with Crippen LogP contribution in [-0.4, -0.2) is 40.8 Å². The van der Waals surface area contributed by atoms with E-state index in [2.05, 4.69) is 19.2 Å². The summed E-state index contributed by atoms with van der Waals surface area (Å²) < 4.78 is 35.5. The van der Waals surface area contributed by atoms with Crippen molar-refractivity contribution in [2.45, 2.75) is 39.3 Å². The van der Waals surface area contributed by atoms with E-state index in [4.69, 9.17) is 9.47 Å². The van der Waals surface area contributed by atoms with Crippen LogP contribution in [0, 0.1) is 5.92 Å². The molecular weight excluding hydrogens is 416 g/mol. The van der Waals surface area contributed by atoms with Crippen molar-refractivity contribution in [1.82, 2.24) is 5.32 Å². The van der Waals surface area contributed by atoms with Crippen molar-refractivity contribution < 1.29 is 22.7 Å². The van der Waals surface area contributed by atoms with E-state index in [1.54, 1.807) is 38.3 Å². The maximum Gasteiger partial charge on any atom is 0.261 e. The molecule has 0 aliphatic rings. The predicted octanol–water partition coefficient (Wildman–Crippen LogP) is 3.76. The van der Waals surface area contributed by atoms with Gasteiger partial charge in [-0.15, -0.1) is 0 Å². The van der Waals surface area contributed by atoms with Crippen LogP contribution < -0.4 is 19.1 Å². The van der Waals surface area contributed by atoms with Crippen LogP contribution >= 0.6 is 0 Å². The number of methoxy groups -OCH3 is 1. The first kappa shape index (κ1) is 24.5. The predicted molar refractivity (Wildman–Crippen MR) is 123 cm³/mol. The largest absolute Gasteiger partial charge is 0.497 e. The van der Waals surface area contributed by atoms with Crippen molar-refractivity contribution in [2.24, 2.45) is 5.92 Å². The van der Waals surface area contributed by atoms with Gasteiger partial charge in [0.2, 0.25) is 10.0 Å². The zero-order valence-electron chi connectivity index (χ0n) is 19.0. The van der Waals surface area contributed by atoms with Gasteiger partial charge >= 0.3 is 0 Å². The van der Waals surface area contributed by atoms with Crippen LogP contribution in [0.2, 0.25) is 0 Å². The fraction of sp³-hybridized carbons (Fsp3) is 0.435. The summed E-state index contributed by atoms with van der Waals surface area (Å²) in [5.74, 6) is 1.42. The minimum absolute atomic E-state index is 0.143. The van der Waals surface area contributed by atoms with E-state index >= 15 is 0 Å². The quantitative estimate of drug-likeness (QED) is 0.598. The highest BCUT2D eigenvalue weighted by Crippen LogP contribution is 2.25. The molecule has 0 saturated carbocycles. The highest BCUT2D eigenvalue weighted by molar-refractivity contribution is 7.92. The molecule has 170 valence electrons. The number of nitrogens with one attached hydrogen (secondary N) is 1. The third-order valence-electron chi connectivity index (χ3n) is 4.92. The number of anilines is 1. The van der Waals surface area contributed by atoms with E-state index in [1.165, 1.54) is 11.4 Å². The Morgan fingerprint density at radius 1 is 1.00 bits per heavy atom. The Labute approximate surface area is 185 Å². The van der Waals surface area contributed by atoms with Gasteiger partial charge in [0.1, 0.15) is 11.5 Å². The average Bonchev–Trinajstić information content (AvgIpc) is 2.72. The van der Waals surface area contributed by atoms with Crippen LogP contribution in [0.1, 0.15) is 38.8 Å². The third kappa shape index (κ3) is 7.17. The van der Waals surface area contributed by atoms with Gasteiger partial charge < -0.3 is 14.8 Å². The fourth-order valence-electron chi connectivity index (χ4n) is 3.06. The molecule has 0 aromatic heterocycles. The molecule has 0 unspecified atom stereocenters. The van der Waals surface area contributed by atoms with Crippen LogP contribution in [0.5, 0.6) is 11.5 Å². The lowest BCUT2D eigenvalue weighted by Gasteiger charge is -2.24. The zero-order valence-corrected chi connectivity index (χ0v) is 19.8. The first-order valence-electron chi connectivity index (χ1n) is 10.2. The SMILES string of the molecule is COc1ccc([C@H](CC(C)C)NC(=O)[C@H](C)Oc2ccc(N(C)S(C)(=O)=O)cc2)cc1. The summed E-state index contributed by atoms with van der Waals surface area (Å²) in [6.45, 7) is 5.90. The molecule has 2 aromatic carbocycles. The zero-order chi connectivity index (χ0) is 23.2. The van der Waals surface area contributed by atoms with Crippen molar-refractivity contribution in [2.75, 3.05) is 24.7 Å². The van der Waals surface area contributed by atoms with Gasteiger partial charge in [-0.1, -0.05) is 26.0 Å². The van der Waals surface area contributed by atoms with Crippen LogP contribution in [0.3, 0.4) is 0 Å². The summed E-state index contributed by atoms with van der Waals surface area (Å²) in [4.78, 5) is 12.8. The number of hydrogen-bond acceptors (Lipinski definition) is 5. The minimum Gasteiger partial charge on any atom is -0.497 e. The molecule has 0 radical (unpaired) electrons. The van der Waals surface area contributed by atoms with E-state index in [0.717, 1.165) is 24.0 Å². The molecule has 8 heteroatoms. The number of hydrogen-bond donors (Lipinski definition) is 1. The maximum absolute atomic E-state index is 12.8. The molecule has 0 bridgehead atoms. The van der Waals surface area contributed by atoms with Gasteiger partial charge in [0.15, 0.2) is 6.10 Å². The summed E-state index contributed by atoms with van der Waals surface area (Å²) in [7, 11) is -0.239. The smallest absolute Gasteiger partial charge is 0.261 e. The summed E-state index contributed by atoms with van der Waals surface area (Å²) in [5.41, 5.74) is 1.52. The number of rotatable bonds is 10. The lowest BCUT2D eigenvalue weighted by Crippen LogP contribution is -2.39. The molecule has 1 amide bonds. The standard InChI is InChI=1S/C23H32N2O5S/c1-16(2)15-22(18-7-11-20(29-5)12-8-18)24-23(26)17(3)30-21-13-9-19(10-14-21)25(4)31(6,27)28/h7-14,16-17,22H,15H2,1-6H3,(H,24,26)/t17-,22-/m0/s1. The fourth-order valence-corrected chi connectivity index (χ4v) is 3.56. The van der Waals surface area contributed by atoms with Crippen LogP contribution in [-0.2, 0) is 14.8 Å². The van der Waals surface area contributed by atoms with E-state index in [1.807, 2.05) is 24.3 Å². The number of benzene rings is 2. The van der Waals surface area contributed by atoms with Gasteiger partial charge in [-0.2, -0.15) is 0 Å². The molecule has 2 rings (SSSR count). The summed E-state index contributed by atoms with van der Waals surface area (Å²) >= 11 is 0. The highest BCUT2D eigenvalue weighted by atomic mass is 32.2. The Morgan fingerprint density at radius 2 is 1.55 bits per heavy atom. The Bertz CT molecular complexity index is 956. The summed E-state index contributed by atoms with van der Waals surface area (Å²) in [5, 5.41) is 3.08. The molecule has 2 aromatic rings. The molecule has 0 fully saturated rings. The molecule has 1 N–H and O–H groups in total. The molecule has 0 saturated heterocycles. The lowest BCUT2D eigenvalue weighted by atomic mass is 9.96. The topological polar surface area (TPSA) is 84.9 Å². The molecular formula is C23H32N2O5S. The van der Waals surface area contributed by atoms with Gasteiger partial charge in [-0.3, -0.25) is 9.10 Å². The normalized spacial score (nSPS) is 13.4. The van der Waals surface area contributed by atoms with Crippen LogP contribution in [0.25, 0.3) is 0 Å². The van der Waals surface area contributed by atoms with E-state index in [9.17, 15) is 13.2 Å². The molecule has 0 aliphatic carbocycles. The van der Waals surface area contributed by atoms with Crippen molar-refractivity contribution >= 4 is 21.6 Å². The number of sulfonamides is 1. The molecule has 0 heterocycles. The highest BCUT2D eigenvalue weighted by Gasteiger charge is 2.21. The second-order valence-corrected chi connectivity index (χ2v) is 9.96. The number of ether oxygens (including phenoxy) is 2. The Balaban J connectivity index is 2.06. The first-order valence-corrected chi connectivity index (χ1v) is 12.0. The summed E-state index contributed by atoms with van der Waals surface area (Å²) in [6, 6.07) is 14.1. The Kier molecular flexibility index (Phi) is 8.33. The first-order chi connectivity index (χ1) is 14.5. The van der Waals surface area contributed by atoms with E-state index in [-0.39, 0.29) is 11.9 Å². The molecule has 7 nitrogen and oxygen atoms in total. The Hall–Kier alpha value is -2.74. The van der Waals surface area contributed by atoms with Gasteiger partial charge in [-0.25, -0.2) is 8.42 Å². The van der Waals surface area contributed by atoms with Crippen molar-refractivity contribution in [3.05, 3.63) is 54.1 Å². The van der Waals surface area contributed by atoms with Crippen LogP contribution in [0.15, 0.2) is 48.5 Å². The molecule has 0 spiro atoms. The third-order valence-corrected chi connectivity index (χ3v) is 6.13. The van der Waals surface area contributed by atoms with E-state index < -0.39 is 16.1 Å². The lowest BCUT2D eigenvalue weighted by molar-refractivity contribution is -0.128. The maximum atomic E-state index is 12.8. The monoisotopic (exact) mass is 448 g/mol. The van der Waals surface area contributed by atoms with Crippen molar-refractivity contribution in [3.63, 3.8) is 0 Å². The summed E-state index contributed by atoms with van der Waals surface area (Å²) in [6.07, 6.45) is 1.21. The van der Waals surface area contributed by atoms with Gasteiger partial charge in [0.05, 0.1) is 25.1 Å². The van der Waals surface area contributed by atoms with Gasteiger partial charge in [0, 0.05) is 7.05 Å². The average molecular weight is 449 g/mol. The minimum atomic E-state index is -3.34. The second kappa shape index (κ2) is 10.5. The van der Waals surface area contributed by atoms with Gasteiger partial charge in [0.25, 0.3) is 5.91 Å². The Morgan fingerprint density at radius 3 is 2.03 bits per heavy atom. The number of amides is 1. The van der Waals surface area contributed by atoms with Crippen molar-refractivity contribution in [1.29, 1.82) is 0 Å². The molecule has 0 aliphatic heterocycles. The van der Waals surface area contributed by atoms with Crippen molar-refractivity contribution in [3.8, 4) is 11.5 Å². The van der Waals surface area contributed by atoms with Crippen LogP contribution in [0.4, 0.5) is 5.69 Å². The van der Waals surface area contributed by atoms with Gasteiger partial charge in [-0.05, 0) is 61.2 Å². The number of nitrogens with zero attached hydrogens (tertiary/aromatic N) is 1. The number of carbonyl (C=O) groups excluding carboxylic acids is 1. The molecule has 2 atom stereocenters. The molecule has 31 heavy (non-hydrogen) atoms. The second-order valence-electron chi connectivity index (χ2n) is 7.95.